The molecule has 0 radical (unpaired) electrons. The standard InChI is InChI=1S/C23H29N3O3S/c1-3-5-6-14-21(27)24-17-10-9-11-18(16-17)25-23(30)26-22(28)19-12-7-8-13-20(19)29-15-4-2/h7-13,16H,3-6,14-15H2,1-2H3,(H,24,27)(H2,25,26,28,30). The first-order chi connectivity index (χ1) is 14.5. The highest BCUT2D eigenvalue weighted by Crippen LogP contribution is 2.19. The number of amides is 2. The van der Waals surface area contributed by atoms with Crippen LogP contribution in [-0.4, -0.2) is 23.5 Å². The molecular weight excluding hydrogens is 398 g/mol. The van der Waals surface area contributed by atoms with Crippen molar-refractivity contribution in [2.45, 2.75) is 46.0 Å². The highest BCUT2D eigenvalue weighted by Gasteiger charge is 2.13. The maximum absolute atomic E-state index is 12.6. The first-order valence-corrected chi connectivity index (χ1v) is 10.7. The van der Waals surface area contributed by atoms with Crippen LogP contribution in [0.3, 0.4) is 0 Å². The fraction of sp³-hybridized carbons (Fsp3) is 0.348. The number of anilines is 2. The summed E-state index contributed by atoms with van der Waals surface area (Å²) in [6.07, 6.45) is 4.33. The van der Waals surface area contributed by atoms with Crippen LogP contribution in [0.4, 0.5) is 11.4 Å². The van der Waals surface area contributed by atoms with Crippen molar-refractivity contribution >= 4 is 40.5 Å². The molecule has 6 nitrogen and oxygen atoms in total. The molecular formula is C23H29N3O3S. The summed E-state index contributed by atoms with van der Waals surface area (Å²) in [6, 6.07) is 14.2. The lowest BCUT2D eigenvalue weighted by Crippen LogP contribution is -2.34. The number of nitrogens with one attached hydrogen (secondary N) is 3. The Hall–Kier alpha value is -2.93. The lowest BCUT2D eigenvalue weighted by Gasteiger charge is -2.13. The number of benzene rings is 2. The van der Waals surface area contributed by atoms with Gasteiger partial charge in [0.25, 0.3) is 5.91 Å². The molecule has 0 saturated heterocycles. The van der Waals surface area contributed by atoms with Gasteiger partial charge in [-0.2, -0.15) is 0 Å². The van der Waals surface area contributed by atoms with Crippen molar-refractivity contribution in [1.29, 1.82) is 0 Å². The molecule has 3 N–H and O–H groups in total. The SMILES string of the molecule is CCCCCC(=O)Nc1cccc(NC(=S)NC(=O)c2ccccc2OCCC)c1. The summed E-state index contributed by atoms with van der Waals surface area (Å²) in [5.41, 5.74) is 1.76. The molecule has 7 heteroatoms. The fourth-order valence-corrected chi connectivity index (χ4v) is 2.97. The fourth-order valence-electron chi connectivity index (χ4n) is 2.76. The first kappa shape index (κ1) is 23.3. The molecule has 0 fully saturated rings. The molecule has 0 aromatic heterocycles. The van der Waals surface area contributed by atoms with E-state index in [2.05, 4.69) is 22.9 Å². The second kappa shape index (κ2) is 12.6. The van der Waals surface area contributed by atoms with Crippen LogP contribution in [0.1, 0.15) is 56.3 Å². The van der Waals surface area contributed by atoms with Crippen LogP contribution in [0.15, 0.2) is 48.5 Å². The predicted octanol–water partition coefficient (Wildman–Crippen LogP) is 5.12. The smallest absolute Gasteiger partial charge is 0.261 e. The molecule has 0 aliphatic heterocycles. The highest BCUT2D eigenvalue weighted by molar-refractivity contribution is 7.80. The Morgan fingerprint density at radius 3 is 2.40 bits per heavy atom. The summed E-state index contributed by atoms with van der Waals surface area (Å²) < 4.78 is 5.63. The average Bonchev–Trinajstić information content (AvgIpc) is 2.72. The van der Waals surface area contributed by atoms with E-state index in [4.69, 9.17) is 17.0 Å². The van der Waals surface area contributed by atoms with Gasteiger partial charge < -0.3 is 15.4 Å². The van der Waals surface area contributed by atoms with Gasteiger partial charge in [0.15, 0.2) is 5.11 Å². The van der Waals surface area contributed by atoms with E-state index in [1.807, 2.05) is 31.2 Å². The summed E-state index contributed by atoms with van der Waals surface area (Å²) in [5.74, 6) is 0.159. The molecule has 160 valence electrons. The molecule has 0 atom stereocenters. The van der Waals surface area contributed by atoms with Gasteiger partial charge >= 0.3 is 0 Å². The zero-order chi connectivity index (χ0) is 21.8. The third kappa shape index (κ3) is 7.83. The normalized spacial score (nSPS) is 10.2. The summed E-state index contributed by atoms with van der Waals surface area (Å²) in [5, 5.41) is 8.69. The van der Waals surface area contributed by atoms with Crippen molar-refractivity contribution in [2.75, 3.05) is 17.2 Å². The Bertz CT molecular complexity index is 870. The van der Waals surface area contributed by atoms with E-state index in [1.54, 1.807) is 24.3 Å². The molecule has 0 bridgehead atoms. The third-order valence-electron chi connectivity index (χ3n) is 4.23. The van der Waals surface area contributed by atoms with Crippen LogP contribution in [0.5, 0.6) is 5.75 Å². The summed E-state index contributed by atoms with van der Waals surface area (Å²) in [7, 11) is 0. The number of carbonyl (C=O) groups is 2. The van der Waals surface area contributed by atoms with E-state index < -0.39 is 0 Å². The lowest BCUT2D eigenvalue weighted by atomic mass is 10.2. The second-order valence-electron chi connectivity index (χ2n) is 6.84. The van der Waals surface area contributed by atoms with Gasteiger partial charge in [-0.05, 0) is 55.4 Å². The zero-order valence-electron chi connectivity index (χ0n) is 17.5. The molecule has 2 aromatic carbocycles. The predicted molar refractivity (Wildman–Crippen MR) is 125 cm³/mol. The Morgan fingerprint density at radius 2 is 1.67 bits per heavy atom. The Morgan fingerprint density at radius 1 is 0.933 bits per heavy atom. The topological polar surface area (TPSA) is 79.5 Å². The molecule has 2 rings (SSSR count). The van der Waals surface area contributed by atoms with Crippen LogP contribution < -0.4 is 20.7 Å². The van der Waals surface area contributed by atoms with Crippen molar-refractivity contribution in [3.8, 4) is 5.75 Å². The number of hydrogen-bond acceptors (Lipinski definition) is 4. The van der Waals surface area contributed by atoms with E-state index >= 15 is 0 Å². The van der Waals surface area contributed by atoms with Crippen LogP contribution in [-0.2, 0) is 4.79 Å². The molecule has 30 heavy (non-hydrogen) atoms. The molecule has 0 saturated carbocycles. The molecule has 2 amide bonds. The largest absolute Gasteiger partial charge is 0.493 e. The van der Waals surface area contributed by atoms with Gasteiger partial charge in [0.2, 0.25) is 5.91 Å². The highest BCUT2D eigenvalue weighted by atomic mass is 32.1. The van der Waals surface area contributed by atoms with Crippen LogP contribution in [0, 0.1) is 0 Å². The molecule has 0 aliphatic carbocycles. The van der Waals surface area contributed by atoms with E-state index in [-0.39, 0.29) is 16.9 Å². The lowest BCUT2D eigenvalue weighted by molar-refractivity contribution is -0.116. The summed E-state index contributed by atoms with van der Waals surface area (Å²) >= 11 is 5.27. The number of thiocarbonyl (C=S) groups is 1. The molecule has 0 spiro atoms. The Balaban J connectivity index is 1.93. The monoisotopic (exact) mass is 427 g/mol. The minimum atomic E-state index is -0.348. The summed E-state index contributed by atoms with van der Waals surface area (Å²) in [4.78, 5) is 24.6. The van der Waals surface area contributed by atoms with Gasteiger partial charge in [-0.25, -0.2) is 0 Å². The van der Waals surface area contributed by atoms with E-state index in [0.717, 1.165) is 25.7 Å². The molecule has 0 aliphatic rings. The Labute approximate surface area is 183 Å². The number of carbonyl (C=O) groups excluding carboxylic acids is 2. The van der Waals surface area contributed by atoms with E-state index in [9.17, 15) is 9.59 Å². The van der Waals surface area contributed by atoms with E-state index in [0.29, 0.717) is 35.7 Å². The third-order valence-corrected chi connectivity index (χ3v) is 4.44. The first-order valence-electron chi connectivity index (χ1n) is 10.3. The second-order valence-corrected chi connectivity index (χ2v) is 7.25. The molecule has 0 heterocycles. The average molecular weight is 428 g/mol. The van der Waals surface area contributed by atoms with Gasteiger partial charge in [0.1, 0.15) is 5.75 Å². The molecule has 0 unspecified atom stereocenters. The van der Waals surface area contributed by atoms with Crippen molar-refractivity contribution in [3.63, 3.8) is 0 Å². The number of para-hydroxylation sites is 1. The number of hydrogen-bond donors (Lipinski definition) is 3. The van der Waals surface area contributed by atoms with Crippen molar-refractivity contribution in [1.82, 2.24) is 5.32 Å². The van der Waals surface area contributed by atoms with Crippen molar-refractivity contribution < 1.29 is 14.3 Å². The maximum atomic E-state index is 12.6. The van der Waals surface area contributed by atoms with Crippen LogP contribution in [0.2, 0.25) is 0 Å². The Kier molecular flexibility index (Phi) is 9.80. The number of ether oxygens (including phenoxy) is 1. The molecule has 2 aromatic rings. The maximum Gasteiger partial charge on any atom is 0.261 e. The minimum Gasteiger partial charge on any atom is -0.493 e. The van der Waals surface area contributed by atoms with Gasteiger partial charge in [-0.3, -0.25) is 14.9 Å². The van der Waals surface area contributed by atoms with Crippen LogP contribution >= 0.6 is 12.2 Å². The number of unbranched alkanes of at least 4 members (excludes halogenated alkanes) is 2. The van der Waals surface area contributed by atoms with Gasteiger partial charge in [0.05, 0.1) is 12.2 Å². The van der Waals surface area contributed by atoms with Gasteiger partial charge in [0, 0.05) is 17.8 Å². The zero-order valence-corrected chi connectivity index (χ0v) is 18.3. The van der Waals surface area contributed by atoms with Gasteiger partial charge in [-0.1, -0.05) is 44.9 Å². The number of rotatable bonds is 10. The quantitative estimate of drug-likeness (QED) is 0.362. The van der Waals surface area contributed by atoms with Crippen molar-refractivity contribution in [2.24, 2.45) is 0 Å². The van der Waals surface area contributed by atoms with E-state index in [1.165, 1.54) is 0 Å². The van der Waals surface area contributed by atoms with Crippen molar-refractivity contribution in [3.05, 3.63) is 54.1 Å². The van der Waals surface area contributed by atoms with Crippen LogP contribution in [0.25, 0.3) is 0 Å². The summed E-state index contributed by atoms with van der Waals surface area (Å²) in [6.45, 7) is 4.64. The van der Waals surface area contributed by atoms with Gasteiger partial charge in [-0.15, -0.1) is 0 Å². The minimum absolute atomic E-state index is 0.0137.